The van der Waals surface area contributed by atoms with Gasteiger partial charge in [0.25, 0.3) is 5.91 Å². The molecular formula is C27H31N5O9S. The summed E-state index contributed by atoms with van der Waals surface area (Å²) in [4.78, 5) is 56.7. The standard InChI is InChI=1S/C27H31N5O9S/c1-27(2,3)25(35)40-15-32(14-33)26(36)29-20(13-31-12-16-6-7-17(39-4)10-18(16)24(31)34)22-11-19-21(41-22)8-9-23(28-19)30-42(5,37)38/h6-11,14,20H,12-13,15H2,1-5H3,(H,28,30)(H,29,36)/t20-/m0/s1. The molecule has 224 valence electrons. The van der Waals surface area contributed by atoms with Gasteiger partial charge in [-0.25, -0.2) is 23.1 Å². The minimum atomic E-state index is -3.59. The lowest BCUT2D eigenvalue weighted by Gasteiger charge is -2.26. The van der Waals surface area contributed by atoms with Crippen molar-refractivity contribution in [1.29, 1.82) is 0 Å². The second-order valence-corrected chi connectivity index (χ2v) is 12.4. The fourth-order valence-corrected chi connectivity index (χ4v) is 4.61. The third kappa shape index (κ3) is 6.97. The first-order chi connectivity index (χ1) is 19.7. The van der Waals surface area contributed by atoms with Gasteiger partial charge in [-0.1, -0.05) is 6.07 Å². The van der Waals surface area contributed by atoms with Crippen LogP contribution in [0.4, 0.5) is 10.6 Å². The number of furan rings is 1. The number of ether oxygens (including phenoxy) is 2. The fraction of sp³-hybridized carbons (Fsp3) is 0.370. The van der Waals surface area contributed by atoms with Crippen LogP contribution in [0.15, 0.2) is 40.8 Å². The van der Waals surface area contributed by atoms with E-state index in [1.165, 1.54) is 30.2 Å². The summed E-state index contributed by atoms with van der Waals surface area (Å²) in [5, 5.41) is 2.67. The Kier molecular flexibility index (Phi) is 8.43. The maximum absolute atomic E-state index is 13.3. The number of nitrogens with zero attached hydrogens (tertiary/aromatic N) is 3. The van der Waals surface area contributed by atoms with E-state index in [0.29, 0.717) is 16.2 Å². The lowest BCUT2D eigenvalue weighted by Crippen LogP contribution is -2.45. The van der Waals surface area contributed by atoms with Crippen molar-refractivity contribution < 1.29 is 41.5 Å². The molecule has 0 bridgehead atoms. The molecule has 0 saturated carbocycles. The van der Waals surface area contributed by atoms with Gasteiger partial charge >= 0.3 is 12.0 Å². The van der Waals surface area contributed by atoms with Crippen molar-refractivity contribution in [2.45, 2.75) is 33.4 Å². The number of esters is 1. The molecule has 1 aliphatic rings. The SMILES string of the molecule is COc1ccc2c(c1)C(=O)N(C[C@H](NC(=O)N(C=O)COC(=O)C(C)(C)C)c1cc3nc(NS(C)(=O)=O)ccc3o1)C2. The number of benzene rings is 1. The molecule has 2 aromatic heterocycles. The molecule has 42 heavy (non-hydrogen) atoms. The zero-order chi connectivity index (χ0) is 30.8. The van der Waals surface area contributed by atoms with Crippen LogP contribution in [0.5, 0.6) is 5.75 Å². The van der Waals surface area contributed by atoms with Crippen molar-refractivity contribution in [3.8, 4) is 5.75 Å². The van der Waals surface area contributed by atoms with E-state index in [1.54, 1.807) is 39.0 Å². The minimum Gasteiger partial charge on any atom is -0.497 e. The summed E-state index contributed by atoms with van der Waals surface area (Å²) in [5.41, 5.74) is 0.927. The Morgan fingerprint density at radius 3 is 2.60 bits per heavy atom. The first kappa shape index (κ1) is 30.3. The first-order valence-corrected chi connectivity index (χ1v) is 14.6. The largest absolute Gasteiger partial charge is 0.497 e. The zero-order valence-electron chi connectivity index (χ0n) is 23.7. The quantitative estimate of drug-likeness (QED) is 0.199. The Balaban J connectivity index is 1.62. The number of methoxy groups -OCH3 is 1. The summed E-state index contributed by atoms with van der Waals surface area (Å²) in [6.45, 7) is 4.43. The molecule has 4 amide bonds. The monoisotopic (exact) mass is 601 g/mol. The summed E-state index contributed by atoms with van der Waals surface area (Å²) in [7, 11) is -2.09. The van der Waals surface area contributed by atoms with Gasteiger partial charge in [0, 0.05) is 24.7 Å². The second kappa shape index (κ2) is 11.7. The van der Waals surface area contributed by atoms with Gasteiger partial charge < -0.3 is 24.1 Å². The summed E-state index contributed by atoms with van der Waals surface area (Å²) in [6.07, 6.45) is 1.21. The van der Waals surface area contributed by atoms with Crippen LogP contribution in [-0.2, 0) is 30.9 Å². The van der Waals surface area contributed by atoms with Crippen molar-refractivity contribution in [2.75, 3.05) is 31.4 Å². The number of pyridine rings is 1. The van der Waals surface area contributed by atoms with Crippen LogP contribution in [0, 0.1) is 5.41 Å². The van der Waals surface area contributed by atoms with Crippen LogP contribution >= 0.6 is 0 Å². The molecule has 14 nitrogen and oxygen atoms in total. The minimum absolute atomic E-state index is 0.0600. The Bertz CT molecular complexity index is 1650. The maximum Gasteiger partial charge on any atom is 0.327 e. The highest BCUT2D eigenvalue weighted by Gasteiger charge is 2.33. The Morgan fingerprint density at radius 1 is 1.21 bits per heavy atom. The number of fused-ring (bicyclic) bond motifs is 2. The molecule has 0 spiro atoms. The van der Waals surface area contributed by atoms with E-state index in [4.69, 9.17) is 13.9 Å². The number of nitrogens with one attached hydrogen (secondary N) is 2. The van der Waals surface area contributed by atoms with Gasteiger partial charge in [-0.15, -0.1) is 0 Å². The molecule has 3 aromatic rings. The average molecular weight is 602 g/mol. The van der Waals surface area contributed by atoms with Crippen molar-refractivity contribution in [1.82, 2.24) is 20.1 Å². The molecular weight excluding hydrogens is 570 g/mol. The van der Waals surface area contributed by atoms with Gasteiger partial charge in [0.1, 0.15) is 28.9 Å². The van der Waals surface area contributed by atoms with Crippen LogP contribution in [-0.4, -0.2) is 74.2 Å². The van der Waals surface area contributed by atoms with Crippen LogP contribution in [0.2, 0.25) is 0 Å². The molecule has 0 unspecified atom stereocenters. The fourth-order valence-electron chi connectivity index (χ4n) is 4.12. The summed E-state index contributed by atoms with van der Waals surface area (Å²) in [6, 6.07) is 7.66. The second-order valence-electron chi connectivity index (χ2n) is 10.7. The number of rotatable bonds is 10. The van der Waals surface area contributed by atoms with E-state index in [1.807, 2.05) is 0 Å². The van der Waals surface area contributed by atoms with E-state index in [2.05, 4.69) is 15.0 Å². The normalized spacial score (nSPS) is 13.8. The number of urea groups is 1. The van der Waals surface area contributed by atoms with E-state index >= 15 is 0 Å². The number of anilines is 1. The molecule has 0 fully saturated rings. The molecule has 1 aromatic carbocycles. The highest BCUT2D eigenvalue weighted by Crippen LogP contribution is 2.30. The van der Waals surface area contributed by atoms with Crippen molar-refractivity contribution in [3.05, 3.63) is 53.3 Å². The number of sulfonamides is 1. The number of amides is 4. The predicted octanol–water partition coefficient (Wildman–Crippen LogP) is 2.62. The van der Waals surface area contributed by atoms with Gasteiger partial charge in [0.2, 0.25) is 16.4 Å². The lowest BCUT2D eigenvalue weighted by molar-refractivity contribution is -0.157. The molecule has 4 rings (SSSR count). The number of imide groups is 1. The lowest BCUT2D eigenvalue weighted by atomic mass is 9.98. The van der Waals surface area contributed by atoms with Crippen LogP contribution in [0.3, 0.4) is 0 Å². The van der Waals surface area contributed by atoms with Gasteiger partial charge in [-0.05, 0) is 50.6 Å². The molecule has 2 N–H and O–H groups in total. The van der Waals surface area contributed by atoms with E-state index in [0.717, 1.165) is 11.8 Å². The van der Waals surface area contributed by atoms with Crippen LogP contribution in [0.1, 0.15) is 48.5 Å². The average Bonchev–Trinajstić information content (AvgIpc) is 3.47. The zero-order valence-corrected chi connectivity index (χ0v) is 24.5. The summed E-state index contributed by atoms with van der Waals surface area (Å²) < 4.78 is 41.8. The molecule has 1 aliphatic heterocycles. The maximum atomic E-state index is 13.3. The molecule has 0 aliphatic carbocycles. The van der Waals surface area contributed by atoms with Crippen LogP contribution in [0.25, 0.3) is 11.1 Å². The predicted molar refractivity (Wildman–Crippen MR) is 150 cm³/mol. The van der Waals surface area contributed by atoms with E-state index in [9.17, 15) is 27.6 Å². The Labute approximate surface area is 242 Å². The number of carbonyl (C=O) groups is 4. The van der Waals surface area contributed by atoms with E-state index < -0.39 is 40.2 Å². The summed E-state index contributed by atoms with van der Waals surface area (Å²) in [5.74, 6) is -0.159. The van der Waals surface area contributed by atoms with Crippen molar-refractivity contribution >= 4 is 51.3 Å². The Morgan fingerprint density at radius 2 is 1.95 bits per heavy atom. The van der Waals surface area contributed by atoms with Gasteiger partial charge in [-0.2, -0.15) is 0 Å². The smallest absolute Gasteiger partial charge is 0.327 e. The number of hydrogen-bond donors (Lipinski definition) is 2. The van der Waals surface area contributed by atoms with E-state index in [-0.39, 0.29) is 48.1 Å². The molecule has 0 saturated heterocycles. The number of hydrogen-bond acceptors (Lipinski definition) is 10. The van der Waals surface area contributed by atoms with Crippen LogP contribution < -0.4 is 14.8 Å². The molecule has 0 radical (unpaired) electrons. The van der Waals surface area contributed by atoms with Crippen molar-refractivity contribution in [2.24, 2.45) is 5.41 Å². The Hall–Kier alpha value is -4.66. The third-order valence-corrected chi connectivity index (χ3v) is 6.84. The topological polar surface area (TPSA) is 177 Å². The van der Waals surface area contributed by atoms with Crippen molar-refractivity contribution in [3.63, 3.8) is 0 Å². The number of carbonyl (C=O) groups excluding carboxylic acids is 4. The highest BCUT2D eigenvalue weighted by molar-refractivity contribution is 7.92. The van der Waals surface area contributed by atoms with Gasteiger partial charge in [-0.3, -0.25) is 19.1 Å². The molecule has 15 heteroatoms. The first-order valence-electron chi connectivity index (χ1n) is 12.7. The summed E-state index contributed by atoms with van der Waals surface area (Å²) >= 11 is 0. The third-order valence-electron chi connectivity index (χ3n) is 6.26. The van der Waals surface area contributed by atoms with Gasteiger partial charge in [0.05, 0.1) is 18.8 Å². The highest BCUT2D eigenvalue weighted by atomic mass is 32.2. The molecule has 1 atom stereocenters. The molecule has 3 heterocycles. The van der Waals surface area contributed by atoms with Gasteiger partial charge in [0.15, 0.2) is 12.3 Å². The number of aromatic nitrogens is 1.